The van der Waals surface area contributed by atoms with Gasteiger partial charge in [-0.1, -0.05) is 48.3 Å². The third-order valence-corrected chi connectivity index (χ3v) is 10.7. The largest absolute Gasteiger partial charge is 0.376 e. The van der Waals surface area contributed by atoms with Gasteiger partial charge in [-0.3, -0.25) is 19.3 Å². The van der Waals surface area contributed by atoms with E-state index in [0.29, 0.717) is 53.1 Å². The molecule has 3 heterocycles. The van der Waals surface area contributed by atoms with E-state index in [4.69, 9.17) is 27.9 Å². The van der Waals surface area contributed by atoms with Gasteiger partial charge in [0.2, 0.25) is 11.8 Å². The second-order valence-corrected chi connectivity index (χ2v) is 14.1. The van der Waals surface area contributed by atoms with Crippen LogP contribution in [-0.4, -0.2) is 95.0 Å². The Kier molecular flexibility index (Phi) is 9.94. The lowest BCUT2D eigenvalue weighted by molar-refractivity contribution is -0.135. The molecule has 1 N–H and O–H groups in total. The van der Waals surface area contributed by atoms with Crippen LogP contribution in [0.5, 0.6) is 0 Å². The quantitative estimate of drug-likeness (QED) is 0.337. The first-order valence-electron chi connectivity index (χ1n) is 16.3. The minimum absolute atomic E-state index is 0.0562. The number of nitrogens with zero attached hydrogens (tertiary/aromatic N) is 4. The SMILES string of the molecule is CC1CCC(OC[C@@H]2C[C@H](N3CCN(C)C(=O)C3)CN2C(=O)Cc2cc(Cl)c(NC(=O)c3cn(C)c4ccccc34)cc2Cl)CC1. The van der Waals surface area contributed by atoms with E-state index in [0.717, 1.165) is 42.6 Å². The number of halogens is 2. The highest BCUT2D eigenvalue weighted by Gasteiger charge is 2.40. The molecule has 3 amide bonds. The second-order valence-electron chi connectivity index (χ2n) is 13.3. The fraction of sp³-hybridized carbons (Fsp3) is 0.514. The van der Waals surface area contributed by atoms with Crippen LogP contribution < -0.4 is 5.32 Å². The minimum Gasteiger partial charge on any atom is -0.376 e. The summed E-state index contributed by atoms with van der Waals surface area (Å²) in [6.07, 6.45) is 7.29. The van der Waals surface area contributed by atoms with Gasteiger partial charge in [0.1, 0.15) is 0 Å². The molecule has 6 rings (SSSR count). The van der Waals surface area contributed by atoms with Crippen LogP contribution in [0.2, 0.25) is 10.0 Å². The highest BCUT2D eigenvalue weighted by atomic mass is 35.5. The third-order valence-electron chi connectivity index (χ3n) is 10.1. The number of likely N-dealkylation sites (N-methyl/N-ethyl adjacent to an activating group) is 1. The van der Waals surface area contributed by atoms with E-state index in [2.05, 4.69) is 17.1 Å². The topological polar surface area (TPSA) is 87.1 Å². The van der Waals surface area contributed by atoms with Gasteiger partial charge in [0.25, 0.3) is 5.91 Å². The molecule has 2 saturated heterocycles. The molecule has 0 radical (unpaired) electrons. The van der Waals surface area contributed by atoms with Gasteiger partial charge in [0.15, 0.2) is 0 Å². The van der Waals surface area contributed by atoms with Crippen LogP contribution in [0.1, 0.15) is 54.9 Å². The first kappa shape index (κ1) is 32.8. The van der Waals surface area contributed by atoms with Crippen molar-refractivity contribution in [2.75, 3.05) is 45.2 Å². The highest BCUT2D eigenvalue weighted by Crippen LogP contribution is 2.33. The number of fused-ring (bicyclic) bond motifs is 1. The van der Waals surface area contributed by atoms with E-state index in [1.807, 2.05) is 47.8 Å². The number of nitrogens with one attached hydrogen (secondary N) is 1. The molecule has 2 aromatic carbocycles. The molecule has 1 aliphatic carbocycles. The third kappa shape index (κ3) is 7.08. The summed E-state index contributed by atoms with van der Waals surface area (Å²) >= 11 is 13.4. The molecule has 0 unspecified atom stereocenters. The van der Waals surface area contributed by atoms with Gasteiger partial charge in [-0.25, -0.2) is 0 Å². The molecule has 3 aliphatic rings. The Labute approximate surface area is 280 Å². The van der Waals surface area contributed by atoms with Gasteiger partial charge in [-0.05, 0) is 61.8 Å². The van der Waals surface area contributed by atoms with Crippen molar-refractivity contribution in [1.29, 1.82) is 0 Å². The molecule has 1 aromatic heterocycles. The molecule has 2 aliphatic heterocycles. The Hall–Kier alpha value is -3.11. The first-order valence-corrected chi connectivity index (χ1v) is 17.1. The Morgan fingerprint density at radius 3 is 2.54 bits per heavy atom. The number of carbonyl (C=O) groups excluding carboxylic acids is 3. The number of piperazine rings is 1. The average molecular weight is 669 g/mol. The van der Waals surface area contributed by atoms with Crippen molar-refractivity contribution in [3.63, 3.8) is 0 Å². The maximum Gasteiger partial charge on any atom is 0.257 e. The fourth-order valence-corrected chi connectivity index (χ4v) is 7.61. The summed E-state index contributed by atoms with van der Waals surface area (Å²) in [4.78, 5) is 45.5. The van der Waals surface area contributed by atoms with Gasteiger partial charge in [-0.15, -0.1) is 0 Å². The van der Waals surface area contributed by atoms with Crippen LogP contribution in [0.3, 0.4) is 0 Å². The van der Waals surface area contributed by atoms with Gasteiger partial charge in [0, 0.05) is 61.9 Å². The second kappa shape index (κ2) is 13.9. The van der Waals surface area contributed by atoms with Crippen LogP contribution in [0.15, 0.2) is 42.6 Å². The standard InChI is InChI=1S/C35H43Cl2N5O4/c1-22-8-10-26(11-9-22)46-21-25-16-24(41-13-12-39(2)34(44)20-41)18-42(25)33(43)15-23-14-30(37)31(17-29(23)36)38-35(45)28-19-40(3)32-7-5-4-6-27(28)32/h4-7,14,17,19,22,24-26H,8-13,15-16,18,20-21H2,1-3H3,(H,38,45)/t22?,24-,25-,26?/m0/s1. The molecular formula is C35H43Cl2N5O4. The lowest BCUT2D eigenvalue weighted by Crippen LogP contribution is -2.52. The smallest absolute Gasteiger partial charge is 0.257 e. The number of amides is 3. The molecule has 246 valence electrons. The summed E-state index contributed by atoms with van der Waals surface area (Å²) in [6.45, 7) is 5.15. The maximum absolute atomic E-state index is 13.9. The van der Waals surface area contributed by atoms with Crippen molar-refractivity contribution in [3.8, 4) is 0 Å². The average Bonchev–Trinajstić information content (AvgIpc) is 3.62. The number of anilines is 1. The number of benzene rings is 2. The number of hydrogen-bond donors (Lipinski definition) is 1. The normalized spacial score (nSPS) is 24.2. The number of hydrogen-bond acceptors (Lipinski definition) is 5. The van der Waals surface area contributed by atoms with Crippen molar-refractivity contribution in [2.45, 2.75) is 63.6 Å². The fourth-order valence-electron chi connectivity index (χ4n) is 7.15. The van der Waals surface area contributed by atoms with E-state index in [1.165, 1.54) is 12.8 Å². The number of ether oxygens (including phenoxy) is 1. The molecule has 3 aromatic rings. The minimum atomic E-state index is -0.292. The van der Waals surface area contributed by atoms with Crippen LogP contribution in [0, 0.1) is 5.92 Å². The zero-order chi connectivity index (χ0) is 32.5. The summed E-state index contributed by atoms with van der Waals surface area (Å²) in [7, 11) is 3.73. The predicted molar refractivity (Wildman–Crippen MR) is 182 cm³/mol. The van der Waals surface area contributed by atoms with Gasteiger partial charge in [-0.2, -0.15) is 0 Å². The van der Waals surface area contributed by atoms with Crippen molar-refractivity contribution in [2.24, 2.45) is 13.0 Å². The van der Waals surface area contributed by atoms with Crippen molar-refractivity contribution < 1.29 is 19.1 Å². The van der Waals surface area contributed by atoms with Gasteiger partial charge in [0.05, 0.1) is 48.0 Å². The van der Waals surface area contributed by atoms with E-state index < -0.39 is 0 Å². The Bertz CT molecular complexity index is 1620. The summed E-state index contributed by atoms with van der Waals surface area (Å²) in [5.41, 5.74) is 2.46. The molecule has 9 nitrogen and oxygen atoms in total. The maximum atomic E-state index is 13.9. The number of carbonyl (C=O) groups is 3. The Morgan fingerprint density at radius 1 is 1.02 bits per heavy atom. The van der Waals surface area contributed by atoms with E-state index in [9.17, 15) is 14.4 Å². The summed E-state index contributed by atoms with van der Waals surface area (Å²) < 4.78 is 8.31. The van der Waals surface area contributed by atoms with Crippen LogP contribution in [0.25, 0.3) is 10.9 Å². The molecule has 0 bridgehead atoms. The molecule has 11 heteroatoms. The number of aryl methyl sites for hydroxylation is 1. The van der Waals surface area contributed by atoms with Gasteiger partial charge < -0.3 is 24.4 Å². The number of aromatic nitrogens is 1. The van der Waals surface area contributed by atoms with Crippen molar-refractivity contribution in [3.05, 3.63) is 63.8 Å². The lowest BCUT2D eigenvalue weighted by atomic mass is 9.89. The molecular weight excluding hydrogens is 625 g/mol. The molecule has 0 spiro atoms. The van der Waals surface area contributed by atoms with Crippen LogP contribution in [0.4, 0.5) is 5.69 Å². The van der Waals surface area contributed by atoms with Crippen LogP contribution in [-0.2, 0) is 27.8 Å². The zero-order valence-electron chi connectivity index (χ0n) is 26.8. The summed E-state index contributed by atoms with van der Waals surface area (Å²) in [5.74, 6) is 0.492. The number of rotatable bonds is 8. The summed E-state index contributed by atoms with van der Waals surface area (Å²) in [6, 6.07) is 11.0. The zero-order valence-corrected chi connectivity index (χ0v) is 28.3. The first-order chi connectivity index (χ1) is 22.1. The lowest BCUT2D eigenvalue weighted by Gasteiger charge is -2.35. The number of para-hydroxylation sites is 1. The molecule has 1 saturated carbocycles. The predicted octanol–water partition coefficient (Wildman–Crippen LogP) is 5.62. The van der Waals surface area contributed by atoms with E-state index >= 15 is 0 Å². The Morgan fingerprint density at radius 2 is 1.78 bits per heavy atom. The summed E-state index contributed by atoms with van der Waals surface area (Å²) in [5, 5.41) is 4.40. The molecule has 3 fully saturated rings. The van der Waals surface area contributed by atoms with Crippen LogP contribution >= 0.6 is 23.2 Å². The van der Waals surface area contributed by atoms with E-state index in [-0.39, 0.29) is 42.3 Å². The molecule has 46 heavy (non-hydrogen) atoms. The molecule has 2 atom stereocenters. The Balaban J connectivity index is 1.15. The number of likely N-dealkylation sites (tertiary alicyclic amines) is 1. The van der Waals surface area contributed by atoms with Crippen molar-refractivity contribution in [1.82, 2.24) is 19.3 Å². The van der Waals surface area contributed by atoms with Crippen molar-refractivity contribution >= 4 is 57.5 Å². The highest BCUT2D eigenvalue weighted by molar-refractivity contribution is 6.36. The van der Waals surface area contributed by atoms with Gasteiger partial charge >= 0.3 is 0 Å². The van der Waals surface area contributed by atoms with E-state index in [1.54, 1.807) is 23.2 Å². The monoisotopic (exact) mass is 667 g/mol.